The highest BCUT2D eigenvalue weighted by Crippen LogP contribution is 2.34. The Hall–Kier alpha value is -5.03. The molecule has 0 aromatic heterocycles. The van der Waals surface area contributed by atoms with Crippen LogP contribution in [0.4, 0.5) is 0 Å². The fourth-order valence-corrected chi connectivity index (χ4v) is 4.84. The van der Waals surface area contributed by atoms with Crippen molar-refractivity contribution in [1.29, 1.82) is 0 Å². The van der Waals surface area contributed by atoms with Crippen molar-refractivity contribution in [3.05, 3.63) is 136 Å². The van der Waals surface area contributed by atoms with Crippen LogP contribution in [0.2, 0.25) is 0 Å². The van der Waals surface area contributed by atoms with Gasteiger partial charge in [0.25, 0.3) is 0 Å². The third-order valence-corrected chi connectivity index (χ3v) is 6.79. The van der Waals surface area contributed by atoms with Crippen molar-refractivity contribution in [2.75, 3.05) is 7.11 Å². The highest BCUT2D eigenvalue weighted by Gasteiger charge is 2.33. The first-order valence-electron chi connectivity index (χ1n) is 11.7. The third kappa shape index (κ3) is 3.60. The van der Waals surface area contributed by atoms with Crippen LogP contribution in [0, 0.1) is 0 Å². The zero-order chi connectivity index (χ0) is 25.7. The van der Waals surface area contributed by atoms with Gasteiger partial charge in [-0.25, -0.2) is 0 Å². The number of hydrogen-bond acceptors (Lipinski definition) is 5. The number of carbonyl (C=O) groups is 3. The zero-order valence-corrected chi connectivity index (χ0v) is 19.8. The van der Waals surface area contributed by atoms with E-state index in [1.165, 1.54) is 31.4 Å². The predicted octanol–water partition coefficient (Wildman–Crippen LogP) is 5.35. The molecule has 5 heteroatoms. The van der Waals surface area contributed by atoms with Gasteiger partial charge in [-0.2, -0.15) is 0 Å². The van der Waals surface area contributed by atoms with E-state index < -0.39 is 0 Å². The minimum Gasteiger partial charge on any atom is -0.872 e. The molecule has 0 bridgehead atoms. The van der Waals surface area contributed by atoms with E-state index in [1.54, 1.807) is 24.3 Å². The summed E-state index contributed by atoms with van der Waals surface area (Å²) in [5.74, 6) is -1.11. The van der Waals surface area contributed by atoms with Gasteiger partial charge in [-0.3, -0.25) is 14.4 Å². The summed E-state index contributed by atoms with van der Waals surface area (Å²) in [5, 5.41) is 16.5. The van der Waals surface area contributed by atoms with Crippen molar-refractivity contribution in [2.45, 2.75) is 0 Å². The molecule has 2 aliphatic rings. The largest absolute Gasteiger partial charge is 0.872 e. The SMILES string of the molecule is COC(C=CC1=C([O-])c2cc3ccccc3cc2C1=O)=CC=C1C(=O)c2cc3ccccc3cc2C1=O. The predicted molar refractivity (Wildman–Crippen MR) is 140 cm³/mol. The van der Waals surface area contributed by atoms with Gasteiger partial charge in [0.1, 0.15) is 5.76 Å². The van der Waals surface area contributed by atoms with Crippen LogP contribution in [0.3, 0.4) is 0 Å². The summed E-state index contributed by atoms with van der Waals surface area (Å²) in [7, 11) is 1.43. The number of benzene rings is 4. The molecule has 0 saturated heterocycles. The summed E-state index contributed by atoms with van der Waals surface area (Å²) in [6, 6.07) is 22.1. The van der Waals surface area contributed by atoms with Gasteiger partial charge in [-0.05, 0) is 75.7 Å². The fraction of sp³-hybridized carbons (Fsp3) is 0.0312. The first kappa shape index (κ1) is 22.4. The average Bonchev–Trinajstić information content (AvgIpc) is 3.29. The number of ether oxygens (including phenoxy) is 1. The second-order valence-corrected chi connectivity index (χ2v) is 8.91. The molecule has 0 radical (unpaired) electrons. The summed E-state index contributed by atoms with van der Waals surface area (Å²) in [6.45, 7) is 0. The Morgan fingerprint density at radius 2 is 1.16 bits per heavy atom. The monoisotopic (exact) mass is 483 g/mol. The number of fused-ring (bicyclic) bond motifs is 4. The van der Waals surface area contributed by atoms with E-state index >= 15 is 0 Å². The number of hydrogen-bond donors (Lipinski definition) is 0. The number of ketones is 3. The van der Waals surface area contributed by atoms with Gasteiger partial charge in [0.15, 0.2) is 17.3 Å². The first-order chi connectivity index (χ1) is 18.0. The molecule has 0 amide bonds. The lowest BCUT2D eigenvalue weighted by Crippen LogP contribution is -2.02. The maximum Gasteiger partial charge on any atom is 0.197 e. The minimum absolute atomic E-state index is 0.0352. The standard InChI is InChI=1S/C32H20O5/c1-37-22(10-12-23-29(33)25-14-18-6-2-3-7-19(18)15-26(25)30(23)34)11-13-24-31(35)27-16-20-8-4-5-9-21(20)17-28(27)32(24)36/h2-17,33H,1H3/p-1. The molecule has 5 nitrogen and oxygen atoms in total. The zero-order valence-electron chi connectivity index (χ0n) is 19.8. The molecule has 0 saturated carbocycles. The molecule has 0 N–H and O–H groups in total. The van der Waals surface area contributed by atoms with E-state index in [1.807, 2.05) is 48.5 Å². The number of rotatable bonds is 4. The molecule has 0 unspecified atom stereocenters. The Kier molecular flexibility index (Phi) is 5.20. The maximum atomic E-state index is 13.0. The topological polar surface area (TPSA) is 83.5 Å². The summed E-state index contributed by atoms with van der Waals surface area (Å²) in [4.78, 5) is 38.9. The van der Waals surface area contributed by atoms with E-state index in [0.29, 0.717) is 22.3 Å². The average molecular weight is 483 g/mol. The van der Waals surface area contributed by atoms with Crippen molar-refractivity contribution >= 4 is 44.7 Å². The Labute approximate surface area is 212 Å². The molecular formula is C32H19O5-. The van der Waals surface area contributed by atoms with Gasteiger partial charge in [-0.1, -0.05) is 54.3 Å². The molecule has 6 rings (SSSR count). The van der Waals surface area contributed by atoms with E-state index in [9.17, 15) is 19.5 Å². The lowest BCUT2D eigenvalue weighted by Gasteiger charge is -2.10. The Balaban J connectivity index is 1.31. The Bertz CT molecular complexity index is 1760. The molecule has 0 heterocycles. The van der Waals surface area contributed by atoms with Crippen molar-refractivity contribution in [3.63, 3.8) is 0 Å². The highest BCUT2D eigenvalue weighted by molar-refractivity contribution is 6.40. The van der Waals surface area contributed by atoms with E-state index in [2.05, 4.69) is 0 Å². The van der Waals surface area contributed by atoms with Crippen molar-refractivity contribution in [1.82, 2.24) is 0 Å². The van der Waals surface area contributed by atoms with Crippen LogP contribution in [0.25, 0.3) is 27.3 Å². The van der Waals surface area contributed by atoms with E-state index in [-0.39, 0.29) is 40.0 Å². The van der Waals surface area contributed by atoms with Crippen molar-refractivity contribution in [3.8, 4) is 0 Å². The molecule has 37 heavy (non-hydrogen) atoms. The van der Waals surface area contributed by atoms with Crippen LogP contribution in [-0.2, 0) is 4.74 Å². The summed E-state index contributed by atoms with van der Waals surface area (Å²) in [6.07, 6.45) is 5.81. The molecule has 2 aliphatic carbocycles. The van der Waals surface area contributed by atoms with Gasteiger partial charge in [0.2, 0.25) is 0 Å². The van der Waals surface area contributed by atoms with Crippen molar-refractivity contribution in [2.24, 2.45) is 0 Å². The van der Waals surface area contributed by atoms with Crippen LogP contribution in [0.15, 0.2) is 114 Å². The molecule has 0 fully saturated rings. The molecule has 0 aliphatic heterocycles. The lowest BCUT2D eigenvalue weighted by molar-refractivity contribution is -0.244. The lowest BCUT2D eigenvalue weighted by atomic mass is 10.0. The number of allylic oxidation sites excluding steroid dienone is 6. The molecule has 0 spiro atoms. The minimum atomic E-state index is -0.348. The van der Waals surface area contributed by atoms with Crippen LogP contribution < -0.4 is 5.11 Å². The number of Topliss-reactive ketones (excluding diaryl/α,β-unsaturated/α-hetero) is 3. The normalized spacial score (nSPS) is 15.3. The van der Waals surface area contributed by atoms with E-state index in [4.69, 9.17) is 4.74 Å². The smallest absolute Gasteiger partial charge is 0.197 e. The summed E-state index contributed by atoms with van der Waals surface area (Å²) in [5.41, 5.74) is 1.57. The third-order valence-electron chi connectivity index (χ3n) is 6.79. The van der Waals surface area contributed by atoms with Gasteiger partial charge >= 0.3 is 0 Å². The van der Waals surface area contributed by atoms with Gasteiger partial charge in [0, 0.05) is 22.3 Å². The first-order valence-corrected chi connectivity index (χ1v) is 11.7. The maximum absolute atomic E-state index is 13.0. The summed E-state index contributed by atoms with van der Waals surface area (Å²) < 4.78 is 5.36. The van der Waals surface area contributed by atoms with Gasteiger partial charge < -0.3 is 9.84 Å². The fourth-order valence-electron chi connectivity index (χ4n) is 4.84. The van der Waals surface area contributed by atoms with E-state index in [0.717, 1.165) is 21.5 Å². The van der Waals surface area contributed by atoms with Gasteiger partial charge in [-0.15, -0.1) is 0 Å². The van der Waals surface area contributed by atoms with Crippen LogP contribution >= 0.6 is 0 Å². The van der Waals surface area contributed by atoms with Crippen molar-refractivity contribution < 1.29 is 24.2 Å². The molecule has 0 atom stereocenters. The quantitative estimate of drug-likeness (QED) is 0.169. The molecule has 4 aromatic rings. The van der Waals surface area contributed by atoms with Gasteiger partial charge in [0.05, 0.1) is 12.7 Å². The van der Waals surface area contributed by atoms with Crippen LogP contribution in [0.5, 0.6) is 0 Å². The molecule has 4 aromatic carbocycles. The Morgan fingerprint density at radius 3 is 1.65 bits per heavy atom. The number of carbonyl (C=O) groups excluding carboxylic acids is 3. The van der Waals surface area contributed by atoms with Crippen LogP contribution in [0.1, 0.15) is 36.6 Å². The van der Waals surface area contributed by atoms with Crippen LogP contribution in [-0.4, -0.2) is 24.5 Å². The highest BCUT2D eigenvalue weighted by atomic mass is 16.5. The molecular weight excluding hydrogens is 464 g/mol. The second kappa shape index (κ2) is 8.57. The Morgan fingerprint density at radius 1 is 0.703 bits per heavy atom. The second-order valence-electron chi connectivity index (χ2n) is 8.91. The summed E-state index contributed by atoms with van der Waals surface area (Å²) >= 11 is 0. The molecule has 178 valence electrons. The number of methoxy groups -OCH3 is 1.